The van der Waals surface area contributed by atoms with Crippen molar-refractivity contribution in [3.63, 3.8) is 0 Å². The van der Waals surface area contributed by atoms with Crippen LogP contribution in [0.4, 0.5) is 0 Å². The third kappa shape index (κ3) is 7.55. The molecule has 0 aromatic heterocycles. The monoisotopic (exact) mass is 361 g/mol. The highest BCUT2D eigenvalue weighted by molar-refractivity contribution is 5.94. The highest BCUT2D eigenvalue weighted by Gasteiger charge is 2.08. The number of benzene rings is 1. The molecule has 1 atom stereocenters. The first-order chi connectivity index (χ1) is 12.4. The summed E-state index contributed by atoms with van der Waals surface area (Å²) in [7, 11) is 5.05. The summed E-state index contributed by atoms with van der Waals surface area (Å²) in [6.07, 6.45) is 1.70. The molecule has 0 spiro atoms. The number of amides is 2. The molecule has 1 rings (SSSR count). The van der Waals surface area contributed by atoms with Gasteiger partial charge in [-0.1, -0.05) is 19.1 Å². The Kier molecular flexibility index (Phi) is 9.19. The average Bonchev–Trinajstić information content (AvgIpc) is 2.64. The smallest absolute Gasteiger partial charge is 0.251 e. The minimum Gasteiger partial charge on any atom is -0.356 e. The summed E-state index contributed by atoms with van der Waals surface area (Å²) in [5, 5.41) is 9.18. The highest BCUT2D eigenvalue weighted by Crippen LogP contribution is 2.05. The summed E-state index contributed by atoms with van der Waals surface area (Å²) < 4.78 is 0. The SMILES string of the molecule is CCC(C)NC(=NCC(=O)N(C)C)NCCc1cccc(C(=O)NC)c1. The van der Waals surface area contributed by atoms with E-state index in [0.717, 1.165) is 18.4 Å². The third-order valence-electron chi connectivity index (χ3n) is 3.99. The lowest BCUT2D eigenvalue weighted by atomic mass is 10.1. The summed E-state index contributed by atoms with van der Waals surface area (Å²) in [4.78, 5) is 29.4. The molecule has 144 valence electrons. The number of carbonyl (C=O) groups excluding carboxylic acids is 2. The summed E-state index contributed by atoms with van der Waals surface area (Å²) in [5.41, 5.74) is 1.71. The Morgan fingerprint density at radius 1 is 1.27 bits per heavy atom. The van der Waals surface area contributed by atoms with Gasteiger partial charge in [0, 0.05) is 39.3 Å². The van der Waals surface area contributed by atoms with Gasteiger partial charge in [-0.3, -0.25) is 9.59 Å². The van der Waals surface area contributed by atoms with E-state index in [4.69, 9.17) is 0 Å². The first-order valence-corrected chi connectivity index (χ1v) is 8.93. The van der Waals surface area contributed by atoms with Gasteiger partial charge in [-0.2, -0.15) is 0 Å². The van der Waals surface area contributed by atoms with Crippen molar-refractivity contribution in [2.75, 3.05) is 34.2 Å². The van der Waals surface area contributed by atoms with Crippen molar-refractivity contribution in [3.05, 3.63) is 35.4 Å². The van der Waals surface area contributed by atoms with Gasteiger partial charge in [0.2, 0.25) is 5.91 Å². The highest BCUT2D eigenvalue weighted by atomic mass is 16.2. The molecular formula is C19H31N5O2. The maximum atomic E-state index is 11.8. The molecule has 0 heterocycles. The molecule has 2 amide bonds. The molecular weight excluding hydrogens is 330 g/mol. The molecule has 7 nitrogen and oxygen atoms in total. The van der Waals surface area contributed by atoms with Gasteiger partial charge in [0.05, 0.1) is 0 Å². The van der Waals surface area contributed by atoms with Gasteiger partial charge in [-0.05, 0) is 37.5 Å². The number of guanidine groups is 1. The van der Waals surface area contributed by atoms with Gasteiger partial charge in [0.15, 0.2) is 5.96 Å². The van der Waals surface area contributed by atoms with Crippen LogP contribution in [-0.2, 0) is 11.2 Å². The number of likely N-dealkylation sites (N-methyl/N-ethyl adjacent to an activating group) is 1. The molecule has 0 saturated carbocycles. The van der Waals surface area contributed by atoms with Crippen molar-refractivity contribution < 1.29 is 9.59 Å². The molecule has 0 bridgehead atoms. The average molecular weight is 361 g/mol. The predicted molar refractivity (Wildman–Crippen MR) is 105 cm³/mol. The van der Waals surface area contributed by atoms with E-state index in [-0.39, 0.29) is 24.4 Å². The number of hydrogen-bond acceptors (Lipinski definition) is 3. The molecule has 0 fully saturated rings. The van der Waals surface area contributed by atoms with Crippen LogP contribution in [0.5, 0.6) is 0 Å². The summed E-state index contributed by atoms with van der Waals surface area (Å²) >= 11 is 0. The Labute approximate surface area is 156 Å². The minimum absolute atomic E-state index is 0.0477. The van der Waals surface area contributed by atoms with Gasteiger partial charge in [0.25, 0.3) is 5.91 Å². The van der Waals surface area contributed by atoms with Crippen LogP contribution in [0.1, 0.15) is 36.2 Å². The Hall–Kier alpha value is -2.57. The van der Waals surface area contributed by atoms with Gasteiger partial charge in [0.1, 0.15) is 6.54 Å². The van der Waals surface area contributed by atoms with Gasteiger partial charge >= 0.3 is 0 Å². The van der Waals surface area contributed by atoms with E-state index in [9.17, 15) is 9.59 Å². The first kappa shape index (κ1) is 21.5. The maximum absolute atomic E-state index is 11.8. The number of nitrogens with zero attached hydrogens (tertiary/aromatic N) is 2. The maximum Gasteiger partial charge on any atom is 0.251 e. The van der Waals surface area contributed by atoms with Crippen molar-refractivity contribution >= 4 is 17.8 Å². The Bertz CT molecular complexity index is 628. The van der Waals surface area contributed by atoms with Crippen molar-refractivity contribution in [1.29, 1.82) is 0 Å². The third-order valence-corrected chi connectivity index (χ3v) is 3.99. The molecule has 1 aromatic rings. The second-order valence-electron chi connectivity index (χ2n) is 6.36. The van der Waals surface area contributed by atoms with Crippen LogP contribution >= 0.6 is 0 Å². The summed E-state index contributed by atoms with van der Waals surface area (Å²) in [6.45, 7) is 4.91. The fourth-order valence-electron chi connectivity index (χ4n) is 2.11. The van der Waals surface area contributed by atoms with E-state index in [1.807, 2.05) is 18.2 Å². The fraction of sp³-hybridized carbons (Fsp3) is 0.526. The number of nitrogens with one attached hydrogen (secondary N) is 3. The molecule has 7 heteroatoms. The van der Waals surface area contributed by atoms with Gasteiger partial charge in [-0.15, -0.1) is 0 Å². The minimum atomic E-state index is -0.0947. The number of rotatable bonds is 8. The van der Waals surface area contributed by atoms with E-state index in [2.05, 4.69) is 34.8 Å². The molecule has 1 aromatic carbocycles. The molecule has 1 unspecified atom stereocenters. The lowest BCUT2D eigenvalue weighted by molar-refractivity contribution is -0.127. The number of aliphatic imine (C=N–C) groups is 1. The number of hydrogen-bond donors (Lipinski definition) is 3. The second kappa shape index (κ2) is 11.1. The van der Waals surface area contributed by atoms with Crippen molar-refractivity contribution in [1.82, 2.24) is 20.9 Å². The fourth-order valence-corrected chi connectivity index (χ4v) is 2.11. The van der Waals surface area contributed by atoms with Crippen LogP contribution in [0.2, 0.25) is 0 Å². The van der Waals surface area contributed by atoms with Crippen LogP contribution in [0, 0.1) is 0 Å². The summed E-state index contributed by atoms with van der Waals surface area (Å²) in [5.74, 6) is 0.480. The molecule has 0 aliphatic heterocycles. The lowest BCUT2D eigenvalue weighted by Gasteiger charge is -2.17. The zero-order chi connectivity index (χ0) is 19.5. The van der Waals surface area contributed by atoms with Gasteiger partial charge < -0.3 is 20.9 Å². The molecule has 3 N–H and O–H groups in total. The topological polar surface area (TPSA) is 85.8 Å². The van der Waals surface area contributed by atoms with Crippen molar-refractivity contribution in [3.8, 4) is 0 Å². The van der Waals surface area contributed by atoms with E-state index in [1.165, 1.54) is 4.90 Å². The zero-order valence-corrected chi connectivity index (χ0v) is 16.4. The normalized spacial score (nSPS) is 12.3. The second-order valence-corrected chi connectivity index (χ2v) is 6.36. The van der Waals surface area contributed by atoms with Crippen molar-refractivity contribution in [2.45, 2.75) is 32.7 Å². The molecule has 0 aliphatic rings. The van der Waals surface area contributed by atoms with Crippen LogP contribution in [0.25, 0.3) is 0 Å². The number of carbonyl (C=O) groups is 2. The van der Waals surface area contributed by atoms with E-state index in [0.29, 0.717) is 18.1 Å². The Balaban J connectivity index is 2.67. The van der Waals surface area contributed by atoms with Crippen LogP contribution in [0.3, 0.4) is 0 Å². The Morgan fingerprint density at radius 3 is 2.62 bits per heavy atom. The predicted octanol–water partition coefficient (Wildman–Crippen LogP) is 1.01. The standard InChI is InChI=1S/C19H31N5O2/c1-6-14(2)23-19(22-13-17(25)24(4)5)21-11-10-15-8-7-9-16(12-15)18(26)20-3/h7-9,12,14H,6,10-11,13H2,1-5H3,(H,20,26)(H2,21,22,23). The quantitative estimate of drug-likeness (QED) is 0.476. The Morgan fingerprint density at radius 2 is 2.00 bits per heavy atom. The van der Waals surface area contributed by atoms with Crippen LogP contribution in [-0.4, -0.2) is 62.9 Å². The van der Waals surface area contributed by atoms with Crippen molar-refractivity contribution in [2.24, 2.45) is 4.99 Å². The molecule has 0 saturated heterocycles. The lowest BCUT2D eigenvalue weighted by Crippen LogP contribution is -2.43. The van der Waals surface area contributed by atoms with E-state index >= 15 is 0 Å². The van der Waals surface area contributed by atoms with Crippen LogP contribution < -0.4 is 16.0 Å². The molecule has 0 radical (unpaired) electrons. The van der Waals surface area contributed by atoms with E-state index < -0.39 is 0 Å². The largest absolute Gasteiger partial charge is 0.356 e. The van der Waals surface area contributed by atoms with E-state index in [1.54, 1.807) is 27.2 Å². The molecule has 0 aliphatic carbocycles. The zero-order valence-electron chi connectivity index (χ0n) is 16.4. The van der Waals surface area contributed by atoms with Gasteiger partial charge in [-0.25, -0.2) is 4.99 Å². The summed E-state index contributed by atoms with van der Waals surface area (Å²) in [6, 6.07) is 7.80. The molecule has 26 heavy (non-hydrogen) atoms. The first-order valence-electron chi connectivity index (χ1n) is 8.93. The van der Waals surface area contributed by atoms with Crippen LogP contribution in [0.15, 0.2) is 29.3 Å².